The van der Waals surface area contributed by atoms with E-state index in [1.54, 1.807) is 0 Å². The van der Waals surface area contributed by atoms with Crippen LogP contribution in [-0.2, 0) is 0 Å². The summed E-state index contributed by atoms with van der Waals surface area (Å²) in [6, 6.07) is -0.135. The van der Waals surface area contributed by atoms with E-state index in [0.29, 0.717) is 0 Å². The molecule has 0 saturated heterocycles. The number of methoxy groups -OCH3 is 1. The predicted molar refractivity (Wildman–Crippen MR) is 50.7 cm³/mol. The molecule has 0 spiro atoms. The second-order valence-corrected chi connectivity index (χ2v) is 3.20. The summed E-state index contributed by atoms with van der Waals surface area (Å²) in [5, 5.41) is -0.226. The van der Waals surface area contributed by atoms with Crippen molar-refractivity contribution in [3.8, 4) is 6.01 Å². The molecule has 0 aliphatic rings. The smallest absolute Gasteiger partial charge is 0.406 e. The van der Waals surface area contributed by atoms with Crippen LogP contribution in [0.3, 0.4) is 0 Å². The molecule has 0 bridgehead atoms. The minimum absolute atomic E-state index is 0.135. The van der Waals surface area contributed by atoms with E-state index in [1.165, 1.54) is 14.2 Å². The Morgan fingerprint density at radius 2 is 1.94 bits per heavy atom. The molecule has 0 amide bonds. The molecule has 0 atom stereocenters. The Labute approximate surface area is 94.2 Å². The number of aromatic nitrogens is 3. The quantitative estimate of drug-likeness (QED) is 0.821. The summed E-state index contributed by atoms with van der Waals surface area (Å²) in [4.78, 5) is 11.5. The van der Waals surface area contributed by atoms with Gasteiger partial charge >= 0.3 is 12.2 Å². The monoisotopic (exact) mass is 256 g/mol. The van der Waals surface area contributed by atoms with E-state index in [2.05, 4.69) is 19.7 Å². The summed E-state index contributed by atoms with van der Waals surface area (Å²) >= 11 is 5.49. The number of hydrogen-bond donors (Lipinski definition) is 0. The van der Waals surface area contributed by atoms with Gasteiger partial charge in [0, 0.05) is 7.05 Å². The zero-order chi connectivity index (χ0) is 12.3. The lowest BCUT2D eigenvalue weighted by Gasteiger charge is -2.18. The molecule has 0 unspecified atom stereocenters. The van der Waals surface area contributed by atoms with Crippen molar-refractivity contribution in [1.29, 1.82) is 0 Å². The van der Waals surface area contributed by atoms with Crippen LogP contribution in [0.15, 0.2) is 0 Å². The third-order valence-corrected chi connectivity index (χ3v) is 1.69. The number of rotatable bonds is 3. The van der Waals surface area contributed by atoms with Gasteiger partial charge in [0.2, 0.25) is 11.2 Å². The first kappa shape index (κ1) is 12.8. The second kappa shape index (κ2) is 4.69. The fraction of sp³-hybridized carbons (Fsp3) is 0.571. The topological polar surface area (TPSA) is 51.1 Å². The van der Waals surface area contributed by atoms with E-state index in [0.717, 1.165) is 4.90 Å². The Kier molecular flexibility index (Phi) is 3.74. The summed E-state index contributed by atoms with van der Waals surface area (Å²) < 4.78 is 41.0. The summed E-state index contributed by atoms with van der Waals surface area (Å²) in [6.07, 6.45) is -4.35. The summed E-state index contributed by atoms with van der Waals surface area (Å²) in [7, 11) is 2.47. The van der Waals surface area contributed by atoms with Gasteiger partial charge in [0.05, 0.1) is 7.11 Å². The molecule has 16 heavy (non-hydrogen) atoms. The molecule has 9 heteroatoms. The normalized spacial score (nSPS) is 11.4. The zero-order valence-corrected chi connectivity index (χ0v) is 9.17. The van der Waals surface area contributed by atoms with Crippen LogP contribution < -0.4 is 9.64 Å². The van der Waals surface area contributed by atoms with Crippen LogP contribution in [-0.4, -0.2) is 41.8 Å². The fourth-order valence-electron chi connectivity index (χ4n) is 0.924. The molecular formula is C7H8ClF3N4O. The first-order chi connectivity index (χ1) is 7.31. The van der Waals surface area contributed by atoms with Gasteiger partial charge in [-0.15, -0.1) is 0 Å². The Hall–Kier alpha value is -1.31. The lowest BCUT2D eigenvalue weighted by atomic mass is 10.5. The van der Waals surface area contributed by atoms with Crippen molar-refractivity contribution < 1.29 is 17.9 Å². The third-order valence-electron chi connectivity index (χ3n) is 1.52. The first-order valence-electron chi connectivity index (χ1n) is 4.05. The highest BCUT2D eigenvalue weighted by Crippen LogP contribution is 2.20. The van der Waals surface area contributed by atoms with Gasteiger partial charge in [-0.25, -0.2) is 0 Å². The Bertz CT molecular complexity index is 373. The second-order valence-electron chi connectivity index (χ2n) is 2.86. The molecule has 0 radical (unpaired) electrons. The van der Waals surface area contributed by atoms with Crippen molar-refractivity contribution in [2.45, 2.75) is 6.18 Å². The minimum Gasteiger partial charge on any atom is -0.467 e. The molecule has 0 aromatic carbocycles. The number of ether oxygens (including phenoxy) is 1. The van der Waals surface area contributed by atoms with Gasteiger partial charge in [0.1, 0.15) is 6.54 Å². The van der Waals surface area contributed by atoms with Crippen LogP contribution in [0.4, 0.5) is 19.1 Å². The van der Waals surface area contributed by atoms with Crippen LogP contribution in [0.2, 0.25) is 5.28 Å². The van der Waals surface area contributed by atoms with E-state index in [-0.39, 0.29) is 17.2 Å². The maximum atomic E-state index is 12.1. The van der Waals surface area contributed by atoms with E-state index in [9.17, 15) is 13.2 Å². The Morgan fingerprint density at radius 3 is 2.44 bits per heavy atom. The SMILES string of the molecule is COc1nc(Cl)nc(N(C)CC(F)(F)F)n1. The summed E-state index contributed by atoms with van der Waals surface area (Å²) in [5.41, 5.74) is 0. The van der Waals surface area contributed by atoms with Crippen molar-refractivity contribution in [3.05, 3.63) is 5.28 Å². The molecule has 0 aliphatic carbocycles. The molecule has 0 aliphatic heterocycles. The third kappa shape index (κ3) is 3.69. The van der Waals surface area contributed by atoms with Crippen molar-refractivity contribution in [1.82, 2.24) is 15.0 Å². The molecule has 1 rings (SSSR count). The maximum absolute atomic E-state index is 12.1. The molecule has 1 heterocycles. The van der Waals surface area contributed by atoms with Crippen LogP contribution >= 0.6 is 11.6 Å². The van der Waals surface area contributed by atoms with Crippen molar-refractivity contribution in [2.75, 3.05) is 25.6 Å². The molecule has 0 fully saturated rings. The lowest BCUT2D eigenvalue weighted by Crippen LogP contribution is -2.32. The van der Waals surface area contributed by atoms with E-state index >= 15 is 0 Å². The fourth-order valence-corrected chi connectivity index (χ4v) is 1.07. The van der Waals surface area contributed by atoms with Gasteiger partial charge in [-0.05, 0) is 11.6 Å². The molecule has 0 saturated carbocycles. The molecular weight excluding hydrogens is 249 g/mol. The average Bonchev–Trinajstić information content (AvgIpc) is 2.14. The standard InChI is InChI=1S/C7H8ClF3N4O/c1-15(3-7(9,10)11)5-12-4(8)13-6(14-5)16-2/h3H2,1-2H3. The number of nitrogens with zero attached hydrogens (tertiary/aromatic N) is 4. The molecule has 1 aromatic heterocycles. The Balaban J connectivity index is 2.90. The Morgan fingerprint density at radius 1 is 1.31 bits per heavy atom. The summed E-state index contributed by atoms with van der Waals surface area (Å²) in [6.45, 7) is -1.18. The van der Waals surface area contributed by atoms with Gasteiger partial charge < -0.3 is 9.64 Å². The number of anilines is 1. The van der Waals surface area contributed by atoms with Crippen molar-refractivity contribution >= 4 is 17.5 Å². The molecule has 90 valence electrons. The van der Waals surface area contributed by atoms with Gasteiger partial charge in [0.25, 0.3) is 0 Å². The zero-order valence-electron chi connectivity index (χ0n) is 8.42. The highest BCUT2D eigenvalue weighted by Gasteiger charge is 2.30. The van der Waals surface area contributed by atoms with Crippen molar-refractivity contribution in [2.24, 2.45) is 0 Å². The summed E-state index contributed by atoms with van der Waals surface area (Å²) in [5.74, 6) is -0.200. The molecule has 0 N–H and O–H groups in total. The maximum Gasteiger partial charge on any atom is 0.406 e. The minimum atomic E-state index is -4.35. The lowest BCUT2D eigenvalue weighted by molar-refractivity contribution is -0.119. The van der Waals surface area contributed by atoms with Gasteiger partial charge in [-0.2, -0.15) is 28.1 Å². The molecule has 5 nitrogen and oxygen atoms in total. The van der Waals surface area contributed by atoms with E-state index < -0.39 is 12.7 Å². The molecule has 1 aromatic rings. The number of hydrogen-bond acceptors (Lipinski definition) is 5. The number of alkyl halides is 3. The van der Waals surface area contributed by atoms with E-state index in [1.807, 2.05) is 0 Å². The van der Waals surface area contributed by atoms with Crippen LogP contribution in [0.5, 0.6) is 6.01 Å². The predicted octanol–water partition coefficient (Wildman–Crippen LogP) is 1.53. The average molecular weight is 257 g/mol. The first-order valence-corrected chi connectivity index (χ1v) is 4.43. The van der Waals surface area contributed by atoms with Crippen molar-refractivity contribution in [3.63, 3.8) is 0 Å². The van der Waals surface area contributed by atoms with E-state index in [4.69, 9.17) is 11.6 Å². The highest BCUT2D eigenvalue weighted by atomic mass is 35.5. The van der Waals surface area contributed by atoms with Gasteiger partial charge in [-0.3, -0.25) is 0 Å². The van der Waals surface area contributed by atoms with Gasteiger partial charge in [-0.1, -0.05) is 0 Å². The highest BCUT2D eigenvalue weighted by molar-refractivity contribution is 6.28. The van der Waals surface area contributed by atoms with Crippen LogP contribution in [0, 0.1) is 0 Å². The van der Waals surface area contributed by atoms with Crippen LogP contribution in [0.25, 0.3) is 0 Å². The van der Waals surface area contributed by atoms with Crippen LogP contribution in [0.1, 0.15) is 0 Å². The number of halogens is 4. The van der Waals surface area contributed by atoms with Gasteiger partial charge in [0.15, 0.2) is 0 Å². The largest absolute Gasteiger partial charge is 0.467 e.